The minimum Gasteiger partial charge on any atom is -0.453 e. The minimum atomic E-state index is -0.568. The molecule has 8 heteroatoms. The first-order valence-corrected chi connectivity index (χ1v) is 18.1. The van der Waals surface area contributed by atoms with Crippen LogP contribution in [0.25, 0.3) is 28.3 Å². The van der Waals surface area contributed by atoms with Gasteiger partial charge in [0, 0.05) is 28.1 Å². The fraction of sp³-hybridized carbons (Fsp3) is 0.0638. The van der Waals surface area contributed by atoms with E-state index in [2.05, 4.69) is 64.4 Å². The second-order valence-electron chi connectivity index (χ2n) is 13.9. The molecular weight excluding hydrogens is 681 g/mol. The second-order valence-corrected chi connectivity index (χ2v) is 13.9. The molecular formula is C47H32N6O2. The van der Waals surface area contributed by atoms with Crippen LogP contribution < -0.4 is 19.3 Å². The van der Waals surface area contributed by atoms with Gasteiger partial charge < -0.3 is 19.3 Å². The zero-order valence-corrected chi connectivity index (χ0v) is 29.8. The van der Waals surface area contributed by atoms with Crippen molar-refractivity contribution in [2.45, 2.75) is 13.3 Å². The smallest absolute Gasteiger partial charge is 0.164 e. The minimum absolute atomic E-state index is 0.552. The molecule has 3 heterocycles. The standard InChI is InChI=1S/C47H32N6O2/c1-47(30-48)28-26-33(27-29-47)46-50-44(31-18-22-34(23-19-31)52-36-10-2-6-14-40(36)54-41-15-7-3-11-37(41)52)49-45(51-46)32-20-24-35(25-21-32)53-38-12-4-8-16-42(38)55-43-17-9-5-13-39(43)53/h2-28H,29H2,1H3. The van der Waals surface area contributed by atoms with Crippen molar-refractivity contribution < 1.29 is 9.47 Å². The van der Waals surface area contributed by atoms with Crippen molar-refractivity contribution >= 4 is 39.7 Å². The number of ether oxygens (including phenoxy) is 2. The topological polar surface area (TPSA) is 87.4 Å². The Kier molecular flexibility index (Phi) is 7.53. The summed E-state index contributed by atoms with van der Waals surface area (Å²) >= 11 is 0. The van der Waals surface area contributed by atoms with Gasteiger partial charge in [-0.2, -0.15) is 5.26 Å². The maximum Gasteiger partial charge on any atom is 0.164 e. The number of hydrogen-bond donors (Lipinski definition) is 0. The van der Waals surface area contributed by atoms with E-state index in [1.165, 1.54) is 0 Å². The maximum absolute atomic E-state index is 9.75. The van der Waals surface area contributed by atoms with Crippen LogP contribution in [0.2, 0.25) is 0 Å². The number of benzene rings is 6. The highest BCUT2D eigenvalue weighted by Gasteiger charge is 2.28. The molecule has 262 valence electrons. The molecule has 1 atom stereocenters. The van der Waals surface area contributed by atoms with Crippen molar-refractivity contribution in [3.05, 3.63) is 170 Å². The number of nitrogens with zero attached hydrogens (tertiary/aromatic N) is 6. The molecule has 0 spiro atoms. The number of fused-ring (bicyclic) bond motifs is 4. The van der Waals surface area contributed by atoms with Crippen LogP contribution in [0.15, 0.2) is 164 Å². The molecule has 6 aromatic carbocycles. The van der Waals surface area contributed by atoms with Crippen LogP contribution in [-0.2, 0) is 0 Å². The normalized spacial score (nSPS) is 16.3. The molecule has 7 aromatic rings. The molecule has 0 amide bonds. The highest BCUT2D eigenvalue weighted by atomic mass is 16.5. The number of hydrogen-bond acceptors (Lipinski definition) is 8. The molecule has 0 radical (unpaired) electrons. The molecule has 1 aromatic heterocycles. The summed E-state index contributed by atoms with van der Waals surface area (Å²) < 4.78 is 12.5. The van der Waals surface area contributed by atoms with Crippen LogP contribution in [0.3, 0.4) is 0 Å². The van der Waals surface area contributed by atoms with Gasteiger partial charge in [0.1, 0.15) is 0 Å². The third-order valence-electron chi connectivity index (χ3n) is 10.2. The van der Waals surface area contributed by atoms with Crippen LogP contribution in [-0.4, -0.2) is 15.0 Å². The Bertz CT molecular complexity index is 2480. The molecule has 55 heavy (non-hydrogen) atoms. The van der Waals surface area contributed by atoms with Crippen molar-refractivity contribution in [3.63, 3.8) is 0 Å². The predicted molar refractivity (Wildman–Crippen MR) is 216 cm³/mol. The summed E-state index contributed by atoms with van der Waals surface area (Å²) in [5.74, 6) is 4.85. The van der Waals surface area contributed by atoms with Gasteiger partial charge in [-0.05, 0) is 110 Å². The highest BCUT2D eigenvalue weighted by molar-refractivity contribution is 5.88. The molecule has 0 saturated carbocycles. The number of para-hydroxylation sites is 8. The molecule has 0 saturated heterocycles. The van der Waals surface area contributed by atoms with Crippen molar-refractivity contribution in [2.75, 3.05) is 9.80 Å². The van der Waals surface area contributed by atoms with E-state index in [1.807, 2.05) is 122 Å². The van der Waals surface area contributed by atoms with Gasteiger partial charge in [0.05, 0.1) is 34.2 Å². The van der Waals surface area contributed by atoms with E-state index < -0.39 is 5.41 Å². The van der Waals surface area contributed by atoms with Gasteiger partial charge >= 0.3 is 0 Å². The molecule has 0 bridgehead atoms. The zero-order valence-electron chi connectivity index (χ0n) is 29.8. The van der Waals surface area contributed by atoms with Crippen molar-refractivity contribution in [1.29, 1.82) is 5.26 Å². The van der Waals surface area contributed by atoms with Crippen LogP contribution >= 0.6 is 0 Å². The van der Waals surface area contributed by atoms with Gasteiger partial charge in [0.25, 0.3) is 0 Å². The van der Waals surface area contributed by atoms with Crippen LogP contribution in [0.4, 0.5) is 34.1 Å². The lowest BCUT2D eigenvalue weighted by atomic mass is 9.83. The SMILES string of the molecule is CC1(C#N)C=CC(c2nc(-c3ccc(N4c5ccccc5Oc5ccccc54)cc3)nc(-c3ccc(N4c5ccccc5Oc5ccccc54)cc3)n2)=CC1. The van der Waals surface area contributed by atoms with E-state index in [1.54, 1.807) is 0 Å². The van der Waals surface area contributed by atoms with E-state index in [-0.39, 0.29) is 0 Å². The largest absolute Gasteiger partial charge is 0.453 e. The lowest BCUT2D eigenvalue weighted by Crippen LogP contribution is -2.15. The average molecular weight is 713 g/mol. The monoisotopic (exact) mass is 712 g/mol. The summed E-state index contributed by atoms with van der Waals surface area (Å²) in [5.41, 5.74) is 7.81. The number of nitriles is 1. The highest BCUT2D eigenvalue weighted by Crippen LogP contribution is 2.51. The van der Waals surface area contributed by atoms with E-state index in [9.17, 15) is 5.26 Å². The molecule has 1 unspecified atom stereocenters. The Morgan fingerprint density at radius 3 is 1.27 bits per heavy atom. The van der Waals surface area contributed by atoms with Crippen LogP contribution in [0, 0.1) is 16.7 Å². The Morgan fingerprint density at radius 1 is 0.527 bits per heavy atom. The number of anilines is 6. The summed E-state index contributed by atoms with van der Waals surface area (Å²) in [6.07, 6.45) is 6.49. The van der Waals surface area contributed by atoms with Crippen LogP contribution in [0.5, 0.6) is 23.0 Å². The van der Waals surface area contributed by atoms with Gasteiger partial charge in [-0.1, -0.05) is 66.8 Å². The summed E-state index contributed by atoms with van der Waals surface area (Å²) in [6.45, 7) is 1.93. The van der Waals surface area contributed by atoms with E-state index in [4.69, 9.17) is 24.4 Å². The van der Waals surface area contributed by atoms with Gasteiger partial charge in [-0.25, -0.2) is 15.0 Å². The summed E-state index contributed by atoms with van der Waals surface area (Å²) in [6, 6.07) is 51.1. The molecule has 2 aliphatic heterocycles. The summed E-state index contributed by atoms with van der Waals surface area (Å²) in [4.78, 5) is 19.5. The van der Waals surface area contributed by atoms with Crippen LogP contribution in [0.1, 0.15) is 19.2 Å². The van der Waals surface area contributed by atoms with E-state index >= 15 is 0 Å². The average Bonchev–Trinajstić information content (AvgIpc) is 3.25. The van der Waals surface area contributed by atoms with Gasteiger partial charge in [-0.3, -0.25) is 0 Å². The number of aromatic nitrogens is 3. The molecule has 0 N–H and O–H groups in total. The van der Waals surface area contributed by atoms with Gasteiger partial charge in [0.15, 0.2) is 40.5 Å². The molecule has 10 rings (SSSR count). The predicted octanol–water partition coefficient (Wildman–Crippen LogP) is 12.2. The van der Waals surface area contributed by atoms with Crippen molar-refractivity contribution in [2.24, 2.45) is 5.41 Å². The third-order valence-corrected chi connectivity index (χ3v) is 10.2. The number of rotatable bonds is 5. The Morgan fingerprint density at radius 2 is 0.909 bits per heavy atom. The quantitative estimate of drug-likeness (QED) is 0.174. The van der Waals surface area contributed by atoms with Crippen molar-refractivity contribution in [1.82, 2.24) is 15.0 Å². The molecule has 8 nitrogen and oxygen atoms in total. The molecule has 0 fully saturated rings. The lowest BCUT2D eigenvalue weighted by molar-refractivity contribution is 0.477. The Balaban J connectivity index is 1.04. The molecule has 1 aliphatic carbocycles. The first-order chi connectivity index (χ1) is 27.0. The summed E-state index contributed by atoms with van der Waals surface area (Å²) in [5, 5.41) is 9.75. The second kappa shape index (κ2) is 12.9. The zero-order chi connectivity index (χ0) is 36.9. The number of allylic oxidation sites excluding steroid dienone is 4. The summed E-state index contributed by atoms with van der Waals surface area (Å²) in [7, 11) is 0. The Labute approximate surface area is 318 Å². The fourth-order valence-electron chi connectivity index (χ4n) is 7.23. The maximum atomic E-state index is 9.75. The first-order valence-electron chi connectivity index (χ1n) is 18.1. The fourth-order valence-corrected chi connectivity index (χ4v) is 7.23. The van der Waals surface area contributed by atoms with Gasteiger partial charge in [-0.15, -0.1) is 0 Å². The van der Waals surface area contributed by atoms with Gasteiger partial charge in [0.2, 0.25) is 0 Å². The van der Waals surface area contributed by atoms with E-state index in [0.29, 0.717) is 23.9 Å². The van der Waals surface area contributed by atoms with E-state index in [0.717, 1.165) is 73.8 Å². The van der Waals surface area contributed by atoms with Crippen molar-refractivity contribution in [3.8, 4) is 51.8 Å². The Hall–Kier alpha value is -7.50. The lowest BCUT2D eigenvalue weighted by Gasteiger charge is -2.32. The third kappa shape index (κ3) is 5.66. The first kappa shape index (κ1) is 32.2. The molecule has 3 aliphatic rings.